The number of nitro groups is 1. The Morgan fingerprint density at radius 1 is 0.968 bits per heavy atom. The molecule has 8 heteroatoms. The molecule has 1 N–H and O–H groups in total. The Balaban J connectivity index is 1.24. The average Bonchev–Trinajstić information content (AvgIpc) is 3.43. The van der Waals surface area contributed by atoms with Crippen molar-refractivity contribution >= 4 is 34.8 Å². The Morgan fingerprint density at radius 3 is 2.10 bits per heavy atom. The van der Waals surface area contributed by atoms with Gasteiger partial charge in [-0.1, -0.05) is 24.3 Å². The summed E-state index contributed by atoms with van der Waals surface area (Å²) in [6.07, 6.45) is 5.11. The summed E-state index contributed by atoms with van der Waals surface area (Å²) in [6.45, 7) is 0. The monoisotopic (exact) mass is 417 g/mol. The van der Waals surface area contributed by atoms with Gasteiger partial charge in [-0.15, -0.1) is 0 Å². The lowest BCUT2D eigenvalue weighted by atomic mass is 9.85. The third kappa shape index (κ3) is 3.20. The number of non-ortho nitro benzene ring substituents is 1. The lowest BCUT2D eigenvalue weighted by Crippen LogP contribution is -2.32. The van der Waals surface area contributed by atoms with Crippen LogP contribution in [0, 0.1) is 33.8 Å². The van der Waals surface area contributed by atoms with Crippen LogP contribution in [0.5, 0.6) is 0 Å². The summed E-state index contributed by atoms with van der Waals surface area (Å²) in [6, 6.07) is 12.4. The molecule has 1 saturated carbocycles. The van der Waals surface area contributed by atoms with Crippen molar-refractivity contribution in [1.82, 2.24) is 0 Å². The molecule has 1 saturated heterocycles. The molecule has 0 aromatic heterocycles. The molecule has 4 atom stereocenters. The van der Waals surface area contributed by atoms with E-state index in [1.54, 1.807) is 24.3 Å². The summed E-state index contributed by atoms with van der Waals surface area (Å²) < 4.78 is 0. The predicted molar refractivity (Wildman–Crippen MR) is 112 cm³/mol. The van der Waals surface area contributed by atoms with E-state index in [0.717, 1.165) is 12.0 Å². The molecule has 2 fully saturated rings. The minimum atomic E-state index is -0.502. The van der Waals surface area contributed by atoms with Crippen molar-refractivity contribution in [2.75, 3.05) is 10.2 Å². The first-order valence-corrected chi connectivity index (χ1v) is 10.1. The van der Waals surface area contributed by atoms with Gasteiger partial charge >= 0.3 is 0 Å². The fourth-order valence-electron chi connectivity index (χ4n) is 4.98. The number of hydrogen-bond acceptors (Lipinski definition) is 5. The van der Waals surface area contributed by atoms with Crippen LogP contribution in [0.2, 0.25) is 0 Å². The third-order valence-corrected chi connectivity index (χ3v) is 6.39. The number of imide groups is 1. The van der Waals surface area contributed by atoms with Crippen molar-refractivity contribution in [3.63, 3.8) is 0 Å². The number of rotatable bonds is 5. The molecule has 2 aliphatic carbocycles. The summed E-state index contributed by atoms with van der Waals surface area (Å²) in [7, 11) is 0. The summed E-state index contributed by atoms with van der Waals surface area (Å²) in [4.78, 5) is 49.5. The van der Waals surface area contributed by atoms with Gasteiger partial charge in [0.15, 0.2) is 0 Å². The molecule has 31 heavy (non-hydrogen) atoms. The van der Waals surface area contributed by atoms with E-state index in [9.17, 15) is 24.5 Å². The third-order valence-electron chi connectivity index (χ3n) is 6.39. The van der Waals surface area contributed by atoms with E-state index in [2.05, 4.69) is 17.5 Å². The zero-order valence-corrected chi connectivity index (χ0v) is 16.4. The molecule has 5 rings (SSSR count). The van der Waals surface area contributed by atoms with Crippen molar-refractivity contribution in [1.29, 1.82) is 0 Å². The topological polar surface area (TPSA) is 110 Å². The number of fused-ring (bicyclic) bond motifs is 5. The Bertz CT molecular complexity index is 1090. The molecule has 0 radical (unpaired) electrons. The van der Waals surface area contributed by atoms with Crippen molar-refractivity contribution < 1.29 is 19.3 Å². The van der Waals surface area contributed by atoms with Crippen LogP contribution in [-0.2, 0) is 20.8 Å². The Kier molecular flexibility index (Phi) is 4.43. The van der Waals surface area contributed by atoms with E-state index in [-0.39, 0.29) is 53.5 Å². The zero-order chi connectivity index (χ0) is 21.7. The molecule has 3 aliphatic rings. The van der Waals surface area contributed by atoms with Crippen molar-refractivity contribution in [3.8, 4) is 0 Å². The molecule has 4 unspecified atom stereocenters. The maximum Gasteiger partial charge on any atom is 0.269 e. The SMILES string of the molecule is O=C(Cc1ccc(N2C(=O)C3C4C=CC(C4)C3C2=O)cc1)Nc1ccc([N+](=O)[O-])cc1. The second kappa shape index (κ2) is 7.16. The molecule has 8 nitrogen and oxygen atoms in total. The van der Waals surface area contributed by atoms with Crippen LogP contribution in [0.1, 0.15) is 12.0 Å². The van der Waals surface area contributed by atoms with Crippen LogP contribution in [0.3, 0.4) is 0 Å². The number of nitro benzene ring substituents is 1. The first kappa shape index (κ1) is 19.2. The smallest absolute Gasteiger partial charge is 0.269 e. The standard InChI is InChI=1S/C23H19N3O5/c27-19(24-16-5-9-18(10-6-16)26(30)31)11-13-1-7-17(8-2-13)25-22(28)20-14-3-4-15(12-14)21(20)23(25)29/h1-10,14-15,20-21H,11-12H2,(H,24,27). The first-order valence-electron chi connectivity index (χ1n) is 10.1. The van der Waals surface area contributed by atoms with Gasteiger partial charge in [-0.05, 0) is 48.1 Å². The predicted octanol–water partition coefficient (Wildman–Crippen LogP) is 3.09. The number of hydrogen-bond donors (Lipinski definition) is 1. The highest BCUT2D eigenvalue weighted by molar-refractivity contribution is 6.22. The summed E-state index contributed by atoms with van der Waals surface area (Å²) in [5.74, 6) is -0.680. The van der Waals surface area contributed by atoms with Gasteiger partial charge in [0.2, 0.25) is 17.7 Å². The highest BCUT2D eigenvalue weighted by atomic mass is 16.6. The lowest BCUT2D eigenvalue weighted by molar-refractivity contribution is -0.384. The normalized spacial score (nSPS) is 25.7. The Morgan fingerprint density at radius 2 is 1.55 bits per heavy atom. The zero-order valence-electron chi connectivity index (χ0n) is 16.4. The first-order chi connectivity index (χ1) is 14.9. The molecular weight excluding hydrogens is 398 g/mol. The van der Waals surface area contributed by atoms with Gasteiger partial charge in [-0.3, -0.25) is 29.4 Å². The van der Waals surface area contributed by atoms with Gasteiger partial charge in [-0.2, -0.15) is 0 Å². The number of allylic oxidation sites excluding steroid dienone is 2. The minimum Gasteiger partial charge on any atom is -0.326 e. The van der Waals surface area contributed by atoms with Gasteiger partial charge in [0.1, 0.15) is 0 Å². The van der Waals surface area contributed by atoms with Crippen LogP contribution in [-0.4, -0.2) is 22.6 Å². The van der Waals surface area contributed by atoms with Gasteiger partial charge in [0.05, 0.1) is 28.9 Å². The van der Waals surface area contributed by atoms with Crippen molar-refractivity contribution in [2.45, 2.75) is 12.8 Å². The van der Waals surface area contributed by atoms with Gasteiger partial charge in [0, 0.05) is 17.8 Å². The van der Waals surface area contributed by atoms with Gasteiger partial charge in [0.25, 0.3) is 5.69 Å². The van der Waals surface area contributed by atoms with Crippen molar-refractivity contribution in [2.24, 2.45) is 23.7 Å². The lowest BCUT2D eigenvalue weighted by Gasteiger charge is -2.17. The molecule has 2 bridgehead atoms. The molecule has 3 amide bonds. The van der Waals surface area contributed by atoms with E-state index < -0.39 is 4.92 Å². The average molecular weight is 417 g/mol. The largest absolute Gasteiger partial charge is 0.326 e. The van der Waals surface area contributed by atoms with E-state index in [4.69, 9.17) is 0 Å². The van der Waals surface area contributed by atoms with Crippen LogP contribution in [0.4, 0.5) is 17.1 Å². The highest BCUT2D eigenvalue weighted by Crippen LogP contribution is 2.53. The van der Waals surface area contributed by atoms with E-state index in [1.165, 1.54) is 29.2 Å². The molecule has 1 heterocycles. The van der Waals surface area contributed by atoms with E-state index >= 15 is 0 Å². The van der Waals surface area contributed by atoms with E-state index in [0.29, 0.717) is 11.4 Å². The number of anilines is 2. The molecular formula is C23H19N3O5. The minimum absolute atomic E-state index is 0.0486. The van der Waals surface area contributed by atoms with Gasteiger partial charge in [-0.25, -0.2) is 0 Å². The molecule has 156 valence electrons. The summed E-state index contributed by atoms with van der Waals surface area (Å²) >= 11 is 0. The maximum atomic E-state index is 12.9. The second-order valence-electron chi connectivity index (χ2n) is 8.21. The molecule has 2 aromatic rings. The maximum absolute atomic E-state index is 12.9. The van der Waals surface area contributed by atoms with E-state index in [1.807, 2.05) is 0 Å². The summed E-state index contributed by atoms with van der Waals surface area (Å²) in [5, 5.41) is 13.4. The van der Waals surface area contributed by atoms with Gasteiger partial charge < -0.3 is 5.32 Å². The Labute approximate surface area is 177 Å². The van der Waals surface area contributed by atoms with Crippen LogP contribution in [0.15, 0.2) is 60.7 Å². The Hall–Kier alpha value is -3.81. The number of nitrogens with one attached hydrogen (secondary N) is 1. The molecule has 2 aromatic carbocycles. The number of amides is 3. The fraction of sp³-hybridized carbons (Fsp3) is 0.261. The highest BCUT2D eigenvalue weighted by Gasteiger charge is 2.59. The molecule has 0 spiro atoms. The number of carbonyl (C=O) groups is 3. The number of benzene rings is 2. The quantitative estimate of drug-likeness (QED) is 0.348. The summed E-state index contributed by atoms with van der Waals surface area (Å²) in [5.41, 5.74) is 1.68. The second-order valence-corrected chi connectivity index (χ2v) is 8.21. The van der Waals surface area contributed by atoms with Crippen molar-refractivity contribution in [3.05, 3.63) is 76.4 Å². The number of nitrogens with zero attached hydrogens (tertiary/aromatic N) is 2. The van der Waals surface area contributed by atoms with Crippen LogP contribution >= 0.6 is 0 Å². The fourth-order valence-corrected chi connectivity index (χ4v) is 4.98. The number of carbonyl (C=O) groups excluding carboxylic acids is 3. The van der Waals surface area contributed by atoms with Crippen LogP contribution < -0.4 is 10.2 Å². The molecule has 1 aliphatic heterocycles. The van der Waals surface area contributed by atoms with Crippen LogP contribution in [0.25, 0.3) is 0 Å².